The van der Waals surface area contributed by atoms with E-state index in [4.69, 9.17) is 4.74 Å². The second kappa shape index (κ2) is 6.31. The van der Waals surface area contributed by atoms with E-state index in [1.165, 1.54) is 35.4 Å². The summed E-state index contributed by atoms with van der Waals surface area (Å²) < 4.78 is 5.49. The van der Waals surface area contributed by atoms with Gasteiger partial charge < -0.3 is 4.74 Å². The molecule has 1 atom stereocenters. The Morgan fingerprint density at radius 1 is 1.25 bits per heavy atom. The topological polar surface area (TPSA) is 22.1 Å². The highest BCUT2D eigenvalue weighted by Gasteiger charge is 2.22. The van der Waals surface area contributed by atoms with Crippen molar-refractivity contribution in [2.24, 2.45) is 0 Å². The molecule has 1 aliphatic rings. The summed E-state index contributed by atoms with van der Waals surface area (Å²) in [7, 11) is 0. The van der Waals surface area contributed by atoms with E-state index in [0.29, 0.717) is 11.9 Å². The summed E-state index contributed by atoms with van der Waals surface area (Å²) in [6.07, 6.45) is 5.55. The first-order valence-corrected chi connectivity index (χ1v) is 8.08. The molecule has 20 heavy (non-hydrogen) atoms. The fourth-order valence-electron chi connectivity index (χ4n) is 2.63. The molecule has 0 saturated heterocycles. The van der Waals surface area contributed by atoms with Gasteiger partial charge in [0.15, 0.2) is 0 Å². The van der Waals surface area contributed by atoms with E-state index in [-0.39, 0.29) is 0 Å². The fraction of sp³-hybridized carbons (Fsp3) is 0.353. The molecule has 1 heterocycles. The van der Waals surface area contributed by atoms with Gasteiger partial charge in [0.05, 0.1) is 17.6 Å². The highest BCUT2D eigenvalue weighted by Crippen LogP contribution is 2.42. The Hall–Kier alpha value is -1.48. The molecular weight excluding hydrogens is 266 g/mol. The number of nitrogens with zero attached hydrogens (tertiary/aromatic N) is 1. The van der Waals surface area contributed by atoms with Crippen molar-refractivity contribution in [2.75, 3.05) is 6.61 Å². The van der Waals surface area contributed by atoms with Gasteiger partial charge in [-0.15, -0.1) is 11.8 Å². The van der Waals surface area contributed by atoms with Gasteiger partial charge in [-0.05, 0) is 62.1 Å². The van der Waals surface area contributed by atoms with Crippen molar-refractivity contribution in [1.82, 2.24) is 4.98 Å². The van der Waals surface area contributed by atoms with Crippen molar-refractivity contribution in [3.63, 3.8) is 0 Å². The average molecular weight is 285 g/mol. The predicted molar refractivity (Wildman–Crippen MR) is 83.4 cm³/mol. The number of aryl methyl sites for hydroxylation is 1. The molecule has 0 aliphatic heterocycles. The zero-order valence-electron chi connectivity index (χ0n) is 11.7. The second-order valence-corrected chi connectivity index (χ2v) is 6.23. The van der Waals surface area contributed by atoms with Crippen LogP contribution in [0.1, 0.15) is 36.3 Å². The molecule has 104 valence electrons. The molecule has 0 bridgehead atoms. The minimum absolute atomic E-state index is 0.484. The largest absolute Gasteiger partial charge is 0.494 e. The lowest BCUT2D eigenvalue weighted by molar-refractivity contribution is 0.340. The Kier molecular flexibility index (Phi) is 4.26. The number of hydrogen-bond acceptors (Lipinski definition) is 3. The number of hydrogen-bond donors (Lipinski definition) is 0. The third-order valence-electron chi connectivity index (χ3n) is 3.56. The Balaban J connectivity index is 1.75. The van der Waals surface area contributed by atoms with Crippen molar-refractivity contribution in [1.29, 1.82) is 0 Å². The zero-order valence-corrected chi connectivity index (χ0v) is 12.5. The molecule has 3 heteroatoms. The normalized spacial score (nSPS) is 17.6. The van der Waals surface area contributed by atoms with Gasteiger partial charge in [0.1, 0.15) is 5.75 Å². The molecule has 1 aromatic carbocycles. The third kappa shape index (κ3) is 2.98. The molecule has 2 aromatic rings. The van der Waals surface area contributed by atoms with E-state index in [1.807, 2.05) is 43.1 Å². The van der Waals surface area contributed by atoms with Crippen LogP contribution in [-0.4, -0.2) is 11.6 Å². The summed E-state index contributed by atoms with van der Waals surface area (Å²) in [6, 6.07) is 12.7. The lowest BCUT2D eigenvalue weighted by Crippen LogP contribution is -2.09. The van der Waals surface area contributed by atoms with Gasteiger partial charge in [-0.3, -0.25) is 4.98 Å². The minimum Gasteiger partial charge on any atom is -0.494 e. The van der Waals surface area contributed by atoms with Gasteiger partial charge in [-0.1, -0.05) is 6.07 Å². The zero-order chi connectivity index (χ0) is 13.8. The lowest BCUT2D eigenvalue weighted by atomic mass is 9.96. The number of rotatable bonds is 4. The maximum absolute atomic E-state index is 5.49. The molecule has 3 rings (SSSR count). The van der Waals surface area contributed by atoms with Crippen LogP contribution < -0.4 is 4.74 Å². The van der Waals surface area contributed by atoms with E-state index >= 15 is 0 Å². The van der Waals surface area contributed by atoms with Crippen molar-refractivity contribution in [3.8, 4) is 5.75 Å². The van der Waals surface area contributed by atoms with Crippen molar-refractivity contribution in [3.05, 3.63) is 53.9 Å². The summed E-state index contributed by atoms with van der Waals surface area (Å²) >= 11 is 1.92. The van der Waals surface area contributed by atoms with E-state index in [1.54, 1.807) is 0 Å². The number of pyridine rings is 1. The van der Waals surface area contributed by atoms with Crippen LogP contribution >= 0.6 is 11.8 Å². The summed E-state index contributed by atoms with van der Waals surface area (Å²) in [6.45, 7) is 2.72. The molecule has 2 nitrogen and oxygen atoms in total. The fourth-order valence-corrected chi connectivity index (χ4v) is 3.86. The Labute approximate surface area is 124 Å². The van der Waals surface area contributed by atoms with Crippen LogP contribution in [0, 0.1) is 0 Å². The molecule has 0 amide bonds. The van der Waals surface area contributed by atoms with Crippen LogP contribution in [0.15, 0.2) is 47.5 Å². The third-order valence-corrected chi connectivity index (χ3v) is 4.84. The Morgan fingerprint density at radius 2 is 2.10 bits per heavy atom. The van der Waals surface area contributed by atoms with Crippen molar-refractivity contribution < 1.29 is 4.74 Å². The van der Waals surface area contributed by atoms with Gasteiger partial charge in [0, 0.05) is 11.1 Å². The van der Waals surface area contributed by atoms with Crippen LogP contribution in [0.25, 0.3) is 0 Å². The summed E-state index contributed by atoms with van der Waals surface area (Å²) in [5.41, 5.74) is 2.69. The predicted octanol–water partition coefficient (Wildman–Crippen LogP) is 4.65. The van der Waals surface area contributed by atoms with Crippen LogP contribution in [-0.2, 0) is 6.42 Å². The van der Waals surface area contributed by atoms with Crippen LogP contribution in [0.3, 0.4) is 0 Å². The smallest absolute Gasteiger partial charge is 0.119 e. The number of fused-ring (bicyclic) bond motifs is 1. The van der Waals surface area contributed by atoms with Gasteiger partial charge in [-0.25, -0.2) is 0 Å². The average Bonchev–Trinajstić information content (AvgIpc) is 2.50. The van der Waals surface area contributed by atoms with E-state index < -0.39 is 0 Å². The first kappa shape index (κ1) is 13.5. The SMILES string of the molecule is CCOc1ccc(SC2CCCc3cccnc32)cc1. The lowest BCUT2D eigenvalue weighted by Gasteiger charge is -2.23. The van der Waals surface area contributed by atoms with Crippen LogP contribution in [0.5, 0.6) is 5.75 Å². The van der Waals surface area contributed by atoms with Crippen molar-refractivity contribution in [2.45, 2.75) is 36.3 Å². The van der Waals surface area contributed by atoms with Gasteiger partial charge in [0.2, 0.25) is 0 Å². The Morgan fingerprint density at radius 3 is 2.90 bits per heavy atom. The van der Waals surface area contributed by atoms with E-state index in [9.17, 15) is 0 Å². The first-order chi connectivity index (χ1) is 9.86. The molecular formula is C17H19NOS. The van der Waals surface area contributed by atoms with Crippen molar-refractivity contribution >= 4 is 11.8 Å². The summed E-state index contributed by atoms with van der Waals surface area (Å²) in [5, 5.41) is 0.484. The molecule has 0 spiro atoms. The molecule has 0 fully saturated rings. The van der Waals surface area contributed by atoms with Gasteiger partial charge in [0.25, 0.3) is 0 Å². The highest BCUT2D eigenvalue weighted by molar-refractivity contribution is 7.99. The first-order valence-electron chi connectivity index (χ1n) is 7.20. The molecule has 1 aliphatic carbocycles. The number of benzene rings is 1. The molecule has 0 saturated carbocycles. The van der Waals surface area contributed by atoms with Crippen LogP contribution in [0.4, 0.5) is 0 Å². The molecule has 1 aromatic heterocycles. The maximum atomic E-state index is 5.49. The van der Waals surface area contributed by atoms with E-state index in [0.717, 1.165) is 5.75 Å². The Bertz CT molecular complexity index is 567. The van der Waals surface area contributed by atoms with E-state index in [2.05, 4.69) is 23.2 Å². The minimum atomic E-state index is 0.484. The maximum Gasteiger partial charge on any atom is 0.119 e. The summed E-state index contributed by atoms with van der Waals surface area (Å²) in [4.78, 5) is 5.89. The van der Waals surface area contributed by atoms with Gasteiger partial charge in [-0.2, -0.15) is 0 Å². The molecule has 0 N–H and O–H groups in total. The standard InChI is InChI=1S/C17H19NOS/c1-2-19-14-8-10-15(11-9-14)20-16-7-3-5-13-6-4-12-18-17(13)16/h4,6,8-12,16H,2-3,5,7H2,1H3. The quantitative estimate of drug-likeness (QED) is 0.816. The number of ether oxygens (including phenoxy) is 1. The van der Waals surface area contributed by atoms with Gasteiger partial charge >= 0.3 is 0 Å². The monoisotopic (exact) mass is 285 g/mol. The highest BCUT2D eigenvalue weighted by atomic mass is 32.2. The summed E-state index contributed by atoms with van der Waals surface area (Å²) in [5.74, 6) is 0.944. The number of aromatic nitrogens is 1. The number of thioether (sulfide) groups is 1. The molecule has 0 radical (unpaired) electrons. The second-order valence-electron chi connectivity index (χ2n) is 4.95. The molecule has 1 unspecified atom stereocenters. The van der Waals surface area contributed by atoms with Crippen LogP contribution in [0.2, 0.25) is 0 Å².